The molecule has 1 aromatic rings. The molecule has 1 aromatic heterocycles. The first-order valence-electron chi connectivity index (χ1n) is 7.01. The third-order valence-corrected chi connectivity index (χ3v) is 4.31. The topological polar surface area (TPSA) is 73.3 Å². The number of rotatable bonds is 4. The molecule has 0 bridgehead atoms. The van der Waals surface area contributed by atoms with E-state index in [2.05, 4.69) is 9.98 Å². The monoisotopic (exact) mass is 422 g/mol. The van der Waals surface area contributed by atoms with Gasteiger partial charge in [0, 0.05) is 30.3 Å². The van der Waals surface area contributed by atoms with Crippen LogP contribution in [0.1, 0.15) is 11.3 Å². The van der Waals surface area contributed by atoms with Gasteiger partial charge in [-0.2, -0.15) is 35.1 Å². The fourth-order valence-electron chi connectivity index (χ4n) is 2.08. The van der Waals surface area contributed by atoms with Crippen molar-refractivity contribution in [3.8, 4) is 0 Å². The number of halogens is 8. The van der Waals surface area contributed by atoms with Crippen LogP contribution < -0.4 is 11.3 Å². The van der Waals surface area contributed by atoms with Crippen molar-refractivity contribution in [1.82, 2.24) is 9.55 Å². The summed E-state index contributed by atoms with van der Waals surface area (Å²) in [6.45, 7) is -2.02. The van der Waals surface area contributed by atoms with Crippen molar-refractivity contribution in [2.45, 2.75) is 30.0 Å². The van der Waals surface area contributed by atoms with Gasteiger partial charge in [0.05, 0.1) is 5.56 Å². The Labute approximate surface area is 150 Å². The van der Waals surface area contributed by atoms with Gasteiger partial charge in [-0.25, -0.2) is 4.98 Å². The molecule has 0 spiro atoms. The maximum absolute atomic E-state index is 13.3. The zero-order valence-electron chi connectivity index (χ0n) is 13.0. The predicted molar refractivity (Wildman–Crippen MR) is 80.7 cm³/mol. The summed E-state index contributed by atoms with van der Waals surface area (Å²) in [5, 5.41) is -0.187. The largest absolute Gasteiger partial charge is 0.455 e. The predicted octanol–water partition coefficient (Wildman–Crippen LogP) is 2.94. The summed E-state index contributed by atoms with van der Waals surface area (Å²) < 4.78 is 103. The zero-order chi connectivity index (χ0) is 20.6. The number of hydrogen-bond acceptors (Lipinski definition) is 5. The first kappa shape index (κ1) is 21.2. The third-order valence-electron chi connectivity index (χ3n) is 3.35. The molecule has 0 fully saturated rings. The van der Waals surface area contributed by atoms with Crippen LogP contribution in [0.5, 0.6) is 0 Å². The number of hydrogen-bond donors (Lipinski definition) is 1. The number of alkyl halides is 8. The van der Waals surface area contributed by atoms with Crippen LogP contribution in [0.4, 0.5) is 35.1 Å². The number of fused-ring (bicyclic) bond motifs is 1. The molecule has 0 saturated heterocycles. The number of aliphatic imine (C=N–C) groups is 1. The molecule has 14 heteroatoms. The Morgan fingerprint density at radius 1 is 1.22 bits per heavy atom. The van der Waals surface area contributed by atoms with E-state index in [4.69, 9.17) is 5.73 Å². The molecule has 0 unspecified atom stereocenters. The van der Waals surface area contributed by atoms with Gasteiger partial charge in [-0.15, -0.1) is 0 Å². The first-order valence-corrected chi connectivity index (χ1v) is 7.99. The summed E-state index contributed by atoms with van der Waals surface area (Å²) in [5.41, 5.74) is 0.532. The number of nitrogens with zero attached hydrogens (tertiary/aromatic N) is 3. The molecule has 150 valence electrons. The normalized spacial score (nSPS) is 16.2. The highest BCUT2D eigenvalue weighted by Gasteiger charge is 2.57. The molecule has 2 rings (SSSR count). The van der Waals surface area contributed by atoms with Crippen LogP contribution in [0, 0.1) is 0 Å². The van der Waals surface area contributed by atoms with E-state index in [1.807, 2.05) is 0 Å². The lowest BCUT2D eigenvalue weighted by Crippen LogP contribution is -2.39. The van der Waals surface area contributed by atoms with Crippen molar-refractivity contribution < 1.29 is 35.1 Å². The lowest BCUT2D eigenvalue weighted by atomic mass is 10.1. The van der Waals surface area contributed by atoms with Gasteiger partial charge in [0.2, 0.25) is 0 Å². The van der Waals surface area contributed by atoms with Crippen LogP contribution in [0.15, 0.2) is 21.1 Å². The van der Waals surface area contributed by atoms with Crippen molar-refractivity contribution in [1.29, 1.82) is 0 Å². The fraction of sp³-hybridized carbons (Fsp3) is 0.462. The van der Waals surface area contributed by atoms with Gasteiger partial charge in [0.15, 0.2) is 10.9 Å². The van der Waals surface area contributed by atoms with E-state index in [-0.39, 0.29) is 23.7 Å². The van der Waals surface area contributed by atoms with E-state index in [0.717, 1.165) is 16.3 Å². The van der Waals surface area contributed by atoms with E-state index >= 15 is 0 Å². The summed E-state index contributed by atoms with van der Waals surface area (Å²) in [4.78, 5) is 18.6. The molecule has 0 aromatic carbocycles. The molecule has 1 aliphatic heterocycles. The Balaban J connectivity index is 2.49. The minimum Gasteiger partial charge on any atom is -0.404 e. The van der Waals surface area contributed by atoms with E-state index in [1.54, 1.807) is 0 Å². The van der Waals surface area contributed by atoms with Crippen molar-refractivity contribution in [2.24, 2.45) is 10.7 Å². The standard InChI is InChI=1S/C13H10F8N4OS/c14-11(15,13(19,20)21)5-23-4-6(3-22)7-8(12(16,17)18)24-10-25(9(7)26)1-2-27-10/h3-4H,1-2,5,22H2/b6-3+,23-4?. The molecule has 2 heterocycles. The van der Waals surface area contributed by atoms with Crippen LogP contribution in [-0.4, -0.2) is 40.2 Å². The van der Waals surface area contributed by atoms with Crippen molar-refractivity contribution in [3.63, 3.8) is 0 Å². The van der Waals surface area contributed by atoms with Crippen LogP contribution in [0.2, 0.25) is 0 Å². The highest BCUT2D eigenvalue weighted by Crippen LogP contribution is 2.36. The maximum atomic E-state index is 13.3. The average molecular weight is 422 g/mol. The summed E-state index contributed by atoms with van der Waals surface area (Å²) in [5.74, 6) is -4.91. The van der Waals surface area contributed by atoms with Crippen molar-refractivity contribution in [3.05, 3.63) is 27.8 Å². The zero-order valence-corrected chi connectivity index (χ0v) is 13.9. The lowest BCUT2D eigenvalue weighted by Gasteiger charge is -2.17. The molecule has 0 saturated carbocycles. The molecular weight excluding hydrogens is 412 g/mol. The van der Waals surface area contributed by atoms with Gasteiger partial charge in [0.1, 0.15) is 6.54 Å². The summed E-state index contributed by atoms with van der Waals surface area (Å²) in [6.07, 6.45) is -10.3. The Morgan fingerprint density at radius 3 is 2.37 bits per heavy atom. The summed E-state index contributed by atoms with van der Waals surface area (Å²) in [7, 11) is 0. The fourth-order valence-corrected chi connectivity index (χ4v) is 3.02. The molecule has 0 atom stereocenters. The number of nitrogens with two attached hydrogens (primary N) is 1. The van der Waals surface area contributed by atoms with Gasteiger partial charge in [-0.05, 0) is 0 Å². The molecule has 27 heavy (non-hydrogen) atoms. The van der Waals surface area contributed by atoms with Crippen LogP contribution in [-0.2, 0) is 12.7 Å². The van der Waals surface area contributed by atoms with E-state index < -0.39 is 47.2 Å². The van der Waals surface area contributed by atoms with Gasteiger partial charge < -0.3 is 5.73 Å². The van der Waals surface area contributed by atoms with Gasteiger partial charge >= 0.3 is 18.3 Å². The quantitative estimate of drug-likeness (QED) is 0.460. The maximum Gasteiger partial charge on any atom is 0.455 e. The van der Waals surface area contributed by atoms with Gasteiger partial charge in [0.25, 0.3) is 5.56 Å². The van der Waals surface area contributed by atoms with E-state index in [9.17, 15) is 39.9 Å². The Hall–Kier alpha value is -2.12. The third kappa shape index (κ3) is 4.25. The number of allylic oxidation sites excluding steroid dienone is 1. The summed E-state index contributed by atoms with van der Waals surface area (Å²) in [6, 6.07) is 0. The lowest BCUT2D eigenvalue weighted by molar-refractivity contribution is -0.276. The summed E-state index contributed by atoms with van der Waals surface area (Å²) >= 11 is 0.908. The van der Waals surface area contributed by atoms with E-state index in [1.165, 1.54) is 0 Å². The second-order valence-corrected chi connectivity index (χ2v) is 6.28. The molecule has 0 radical (unpaired) electrons. The van der Waals surface area contributed by atoms with Crippen LogP contribution in [0.3, 0.4) is 0 Å². The van der Waals surface area contributed by atoms with Crippen molar-refractivity contribution >= 4 is 23.5 Å². The highest BCUT2D eigenvalue weighted by molar-refractivity contribution is 7.99. The minimum atomic E-state index is -5.89. The minimum absolute atomic E-state index is 0.0537. The molecule has 1 aliphatic rings. The highest BCUT2D eigenvalue weighted by atomic mass is 32.2. The van der Waals surface area contributed by atoms with Gasteiger partial charge in [-0.3, -0.25) is 14.4 Å². The Bertz CT molecular complexity index is 840. The SMILES string of the molecule is N/C=C(\C=NCC(F)(F)C(F)(F)F)c1c(C(F)(F)F)nc2n(c1=O)CCS2. The van der Waals surface area contributed by atoms with Crippen molar-refractivity contribution in [2.75, 3.05) is 12.3 Å². The second kappa shape index (κ2) is 7.13. The van der Waals surface area contributed by atoms with E-state index in [0.29, 0.717) is 6.20 Å². The molecule has 0 amide bonds. The molecule has 5 nitrogen and oxygen atoms in total. The Morgan fingerprint density at radius 2 is 1.85 bits per heavy atom. The number of aromatic nitrogens is 2. The van der Waals surface area contributed by atoms with Gasteiger partial charge in [-0.1, -0.05) is 11.8 Å². The smallest absolute Gasteiger partial charge is 0.404 e. The molecule has 0 aliphatic carbocycles. The molecular formula is C13H10F8N4OS. The average Bonchev–Trinajstić information content (AvgIpc) is 2.99. The number of thioether (sulfide) groups is 1. The Kier molecular flexibility index (Phi) is 5.59. The first-order chi connectivity index (χ1) is 12.3. The van der Waals surface area contributed by atoms with Crippen LogP contribution >= 0.6 is 11.8 Å². The molecule has 2 N–H and O–H groups in total. The second-order valence-electron chi connectivity index (χ2n) is 5.21. The van der Waals surface area contributed by atoms with Crippen LogP contribution in [0.25, 0.3) is 5.57 Å².